The van der Waals surface area contributed by atoms with Gasteiger partial charge in [0.05, 0.1) is 31.9 Å². The van der Waals surface area contributed by atoms with Gasteiger partial charge in [-0.3, -0.25) is 9.58 Å². The summed E-state index contributed by atoms with van der Waals surface area (Å²) < 4.78 is 22.3. The molecule has 1 fully saturated rings. The van der Waals surface area contributed by atoms with Crippen molar-refractivity contribution in [2.75, 3.05) is 44.8 Å². The lowest BCUT2D eigenvalue weighted by atomic mass is 9.82. The van der Waals surface area contributed by atoms with Crippen LogP contribution in [0.15, 0.2) is 18.5 Å². The van der Waals surface area contributed by atoms with Crippen molar-refractivity contribution < 1.29 is 13.9 Å². The first-order chi connectivity index (χ1) is 20.2. The van der Waals surface area contributed by atoms with E-state index in [0.717, 1.165) is 51.4 Å². The van der Waals surface area contributed by atoms with E-state index in [4.69, 9.17) is 19.0 Å². The van der Waals surface area contributed by atoms with Crippen LogP contribution in [0.5, 0.6) is 0 Å². The van der Waals surface area contributed by atoms with Crippen LogP contribution in [-0.2, 0) is 39.0 Å². The Labute approximate surface area is 276 Å². The Balaban J connectivity index is 1.42. The average molecular weight is 666 g/mol. The Kier molecular flexibility index (Phi) is 10.7. The van der Waals surface area contributed by atoms with Gasteiger partial charge >= 0.3 is 0 Å². The largest absolute Gasteiger partial charge is 0.416 e. The molecule has 2 aromatic heterocycles. The summed E-state index contributed by atoms with van der Waals surface area (Å²) in [4.78, 5) is 5.52. The predicted octanol–water partition coefficient (Wildman–Crippen LogP) is 8.57. The quantitative estimate of drug-likeness (QED) is 0.225. The van der Waals surface area contributed by atoms with E-state index in [1.54, 1.807) is 0 Å². The molecule has 0 amide bonds. The standard InChI is InChI=1S/C35H63N3O3S2Si/c1-27-19-35(31-30(14-17-40-35)18-28(2)42-31)15-16-37(27)21-29-20-36-38(22-29)23-34(9,25-41-44(12,13)33(6,7)8)24-39-26-43(10,11)32(3,4)5/h18,20,22,27H,14-17,19,21,23-26H2,1-13H3/t27-,34?,35+/m0/s1. The van der Waals surface area contributed by atoms with Gasteiger partial charge in [-0.05, 0) is 80.1 Å². The lowest BCUT2D eigenvalue weighted by Crippen LogP contribution is -2.49. The maximum Gasteiger partial charge on any atom is 0.192 e. The number of thiophene rings is 1. The summed E-state index contributed by atoms with van der Waals surface area (Å²) in [6.45, 7) is 30.5. The molecule has 1 spiro atoms. The number of aryl methyl sites for hydroxylation is 1. The summed E-state index contributed by atoms with van der Waals surface area (Å²) in [5.41, 5.74) is 2.53. The van der Waals surface area contributed by atoms with Crippen molar-refractivity contribution in [3.63, 3.8) is 0 Å². The van der Waals surface area contributed by atoms with E-state index in [1.807, 2.05) is 11.3 Å². The van der Waals surface area contributed by atoms with E-state index in [0.29, 0.717) is 19.3 Å². The molecule has 0 N–H and O–H groups in total. The Morgan fingerprint density at radius 3 is 2.48 bits per heavy atom. The van der Waals surface area contributed by atoms with Crippen molar-refractivity contribution in [3.05, 3.63) is 39.3 Å². The second kappa shape index (κ2) is 13.1. The van der Waals surface area contributed by atoms with Crippen LogP contribution in [0.25, 0.3) is 0 Å². The molecule has 1 saturated heterocycles. The Morgan fingerprint density at radius 1 is 1.14 bits per heavy atom. The summed E-state index contributed by atoms with van der Waals surface area (Å²) in [5, 5.41) is 5.04. The molecule has 0 bridgehead atoms. The number of piperidine rings is 1. The van der Waals surface area contributed by atoms with Crippen LogP contribution in [0.4, 0.5) is 0 Å². The topological polar surface area (TPSA) is 48.8 Å². The van der Waals surface area contributed by atoms with Crippen molar-refractivity contribution in [2.24, 2.45) is 5.41 Å². The fourth-order valence-corrected chi connectivity index (χ4v) is 9.20. The van der Waals surface area contributed by atoms with Gasteiger partial charge in [0.15, 0.2) is 8.32 Å². The molecule has 0 aliphatic carbocycles. The number of aromatic nitrogens is 2. The Morgan fingerprint density at radius 2 is 1.84 bits per heavy atom. The molecule has 3 atom stereocenters. The highest BCUT2D eigenvalue weighted by atomic mass is 32.3. The molecule has 9 heteroatoms. The monoisotopic (exact) mass is 665 g/mol. The number of nitrogens with zero attached hydrogens (tertiary/aromatic N) is 3. The molecule has 252 valence electrons. The number of rotatable bonds is 11. The second-order valence-corrected chi connectivity index (χ2v) is 27.7. The molecule has 4 rings (SSSR count). The molecule has 2 aliphatic heterocycles. The second-order valence-electron chi connectivity index (χ2n) is 17.1. The van der Waals surface area contributed by atoms with E-state index in [1.165, 1.54) is 20.9 Å². The molecular weight excluding hydrogens is 603 g/mol. The van der Waals surface area contributed by atoms with E-state index in [9.17, 15) is 0 Å². The van der Waals surface area contributed by atoms with Crippen molar-refractivity contribution in [1.82, 2.24) is 14.7 Å². The molecule has 6 nitrogen and oxygen atoms in total. The van der Waals surface area contributed by atoms with Gasteiger partial charge < -0.3 is 13.9 Å². The number of fused-ring (bicyclic) bond motifs is 2. The molecule has 44 heavy (non-hydrogen) atoms. The van der Waals surface area contributed by atoms with E-state index >= 15 is 0 Å². The van der Waals surface area contributed by atoms with Crippen molar-refractivity contribution in [1.29, 1.82) is 0 Å². The third-order valence-corrected chi connectivity index (χ3v) is 20.7. The number of ether oxygens (including phenoxy) is 2. The summed E-state index contributed by atoms with van der Waals surface area (Å²) in [5.74, 6) is 0.807. The normalized spacial score (nSPS) is 24.0. The zero-order valence-corrected chi connectivity index (χ0v) is 32.9. The molecule has 2 aromatic rings. The highest BCUT2D eigenvalue weighted by Crippen LogP contribution is 2.53. The van der Waals surface area contributed by atoms with Gasteiger partial charge in [0.25, 0.3) is 0 Å². The van der Waals surface area contributed by atoms with E-state index in [-0.39, 0.29) is 20.8 Å². The lowest BCUT2D eigenvalue weighted by molar-refractivity contribution is -0.110. The van der Waals surface area contributed by atoms with Gasteiger partial charge in [-0.15, -0.1) is 11.3 Å². The van der Waals surface area contributed by atoms with Crippen LogP contribution in [0.1, 0.15) is 89.1 Å². The third kappa shape index (κ3) is 8.23. The first kappa shape index (κ1) is 36.2. The minimum atomic E-state index is -1.90. The number of hydrogen-bond acceptors (Lipinski definition) is 6. The summed E-state index contributed by atoms with van der Waals surface area (Å²) in [6.07, 6.45) is 12.3. The molecule has 0 aromatic carbocycles. The SMILES string of the molecule is Cc1cc2c(s1)[C@]1(CCN(Cc3cnn(CC(C)(COCS(C)(C)C(C)(C)C)CO[Si](C)(C)C(C)(C)C)c3)[C@@H](C)C1)OCC2. The van der Waals surface area contributed by atoms with E-state index in [2.05, 4.69) is 116 Å². The average Bonchev–Trinajstić information content (AvgIpc) is 3.49. The van der Waals surface area contributed by atoms with Crippen LogP contribution < -0.4 is 0 Å². The van der Waals surface area contributed by atoms with Gasteiger partial charge in [0.2, 0.25) is 0 Å². The van der Waals surface area contributed by atoms with Gasteiger partial charge in [-0.25, -0.2) is 10.0 Å². The van der Waals surface area contributed by atoms with Gasteiger partial charge in [-0.1, -0.05) is 48.5 Å². The molecule has 0 radical (unpaired) electrons. The Hall–Kier alpha value is -0.683. The molecule has 0 saturated carbocycles. The molecule has 1 unspecified atom stereocenters. The minimum Gasteiger partial charge on any atom is -0.416 e. The Bertz CT molecular complexity index is 1260. The number of hydrogen-bond donors (Lipinski definition) is 0. The maximum absolute atomic E-state index is 6.81. The van der Waals surface area contributed by atoms with Crippen LogP contribution in [-0.4, -0.2) is 78.6 Å². The predicted molar refractivity (Wildman–Crippen MR) is 193 cm³/mol. The molecular formula is C35H63N3O3S2Si. The van der Waals surface area contributed by atoms with Crippen LogP contribution in [0.3, 0.4) is 0 Å². The van der Waals surface area contributed by atoms with Gasteiger partial charge in [-0.2, -0.15) is 5.10 Å². The summed E-state index contributed by atoms with van der Waals surface area (Å²) in [6, 6.07) is 2.84. The first-order valence-electron chi connectivity index (χ1n) is 16.6. The van der Waals surface area contributed by atoms with Crippen LogP contribution in [0, 0.1) is 12.3 Å². The highest BCUT2D eigenvalue weighted by molar-refractivity contribution is 8.33. The van der Waals surface area contributed by atoms with Crippen LogP contribution in [0.2, 0.25) is 18.1 Å². The first-order valence-corrected chi connectivity index (χ1v) is 22.9. The maximum atomic E-state index is 6.81. The highest BCUT2D eigenvalue weighted by Gasteiger charge is 2.45. The summed E-state index contributed by atoms with van der Waals surface area (Å²) in [7, 11) is -2.80. The lowest BCUT2D eigenvalue weighted by Gasteiger charge is -2.47. The van der Waals surface area contributed by atoms with Crippen molar-refractivity contribution in [3.8, 4) is 0 Å². The third-order valence-electron chi connectivity index (χ3n) is 10.8. The number of likely N-dealkylation sites (tertiary alicyclic amines) is 1. The van der Waals surface area contributed by atoms with Crippen LogP contribution >= 0.6 is 21.4 Å². The fraction of sp³-hybridized carbons (Fsp3) is 0.800. The summed E-state index contributed by atoms with van der Waals surface area (Å²) >= 11 is 1.95. The zero-order chi connectivity index (χ0) is 32.8. The van der Waals surface area contributed by atoms with Crippen molar-refractivity contribution in [2.45, 2.75) is 129 Å². The molecule has 2 aliphatic rings. The molecule has 4 heterocycles. The van der Waals surface area contributed by atoms with Crippen molar-refractivity contribution >= 4 is 29.7 Å². The van der Waals surface area contributed by atoms with Gasteiger partial charge in [0, 0.05) is 52.7 Å². The minimum absolute atomic E-state index is 0.0954. The smallest absolute Gasteiger partial charge is 0.192 e. The fourth-order valence-electron chi connectivity index (χ4n) is 5.96. The van der Waals surface area contributed by atoms with Gasteiger partial charge in [0.1, 0.15) is 5.60 Å². The van der Waals surface area contributed by atoms with E-state index < -0.39 is 18.3 Å². The zero-order valence-electron chi connectivity index (χ0n) is 30.3.